The average molecular weight is 531 g/mol. The lowest BCUT2D eigenvalue weighted by molar-refractivity contribution is -0.127. The van der Waals surface area contributed by atoms with Crippen molar-refractivity contribution >= 4 is 41.8 Å². The lowest BCUT2D eigenvalue weighted by atomic mass is 9.95. The maximum absolute atomic E-state index is 12.0. The maximum atomic E-state index is 12.0. The van der Waals surface area contributed by atoms with E-state index >= 15 is 0 Å². The van der Waals surface area contributed by atoms with Crippen molar-refractivity contribution in [2.24, 2.45) is 16.6 Å². The number of carbonyl (C=O) groups excluding carboxylic acids is 2. The van der Waals surface area contributed by atoms with E-state index in [0.717, 1.165) is 31.6 Å². The van der Waals surface area contributed by atoms with E-state index in [9.17, 15) is 9.59 Å². The van der Waals surface area contributed by atoms with Gasteiger partial charge in [0.25, 0.3) is 0 Å². The zero-order valence-electron chi connectivity index (χ0n) is 18.1. The summed E-state index contributed by atoms with van der Waals surface area (Å²) < 4.78 is 5.19. The Hall–Kier alpha value is -2.04. The SMILES string of the molecule is COc1ccc(CCNC(=NCC(=O)N(C)C)N2CCCC(CC(N)=O)C2)cc1.I. The van der Waals surface area contributed by atoms with Gasteiger partial charge in [0.1, 0.15) is 12.3 Å². The normalized spacial score (nSPS) is 16.4. The lowest BCUT2D eigenvalue weighted by Crippen LogP contribution is -2.48. The highest BCUT2D eigenvalue weighted by atomic mass is 127. The number of likely N-dealkylation sites (tertiary alicyclic amines) is 1. The molecule has 1 saturated heterocycles. The first kappa shape index (κ1) is 26.0. The summed E-state index contributed by atoms with van der Waals surface area (Å²) in [6.07, 6.45) is 3.16. The summed E-state index contributed by atoms with van der Waals surface area (Å²) in [6.45, 7) is 2.35. The van der Waals surface area contributed by atoms with Crippen molar-refractivity contribution < 1.29 is 14.3 Å². The Morgan fingerprint density at radius 2 is 2.00 bits per heavy atom. The molecule has 2 amide bonds. The monoisotopic (exact) mass is 531 g/mol. The Morgan fingerprint density at radius 1 is 1.30 bits per heavy atom. The van der Waals surface area contributed by atoms with Crippen LogP contribution in [0.15, 0.2) is 29.3 Å². The second-order valence-corrected chi connectivity index (χ2v) is 7.58. The Kier molecular flexibility index (Phi) is 11.5. The summed E-state index contributed by atoms with van der Waals surface area (Å²) in [6, 6.07) is 7.96. The van der Waals surface area contributed by atoms with Crippen molar-refractivity contribution in [2.45, 2.75) is 25.7 Å². The van der Waals surface area contributed by atoms with Gasteiger partial charge in [-0.3, -0.25) is 9.59 Å². The van der Waals surface area contributed by atoms with Crippen LogP contribution in [0.2, 0.25) is 0 Å². The first-order chi connectivity index (χ1) is 13.9. The summed E-state index contributed by atoms with van der Waals surface area (Å²) in [4.78, 5) is 31.5. The van der Waals surface area contributed by atoms with Gasteiger partial charge in [-0.05, 0) is 42.9 Å². The number of aliphatic imine (C=N–C) groups is 1. The Morgan fingerprint density at radius 3 is 2.60 bits per heavy atom. The van der Waals surface area contributed by atoms with Gasteiger partial charge < -0.3 is 25.6 Å². The zero-order valence-corrected chi connectivity index (χ0v) is 20.4. The summed E-state index contributed by atoms with van der Waals surface area (Å²) in [5.41, 5.74) is 6.57. The molecule has 1 aliphatic rings. The number of amides is 2. The highest BCUT2D eigenvalue weighted by Gasteiger charge is 2.24. The molecule has 1 aliphatic heterocycles. The quantitative estimate of drug-likeness (QED) is 0.301. The third kappa shape index (κ3) is 8.76. The highest BCUT2D eigenvalue weighted by molar-refractivity contribution is 14.0. The van der Waals surface area contributed by atoms with Gasteiger partial charge in [0.2, 0.25) is 11.8 Å². The first-order valence-electron chi connectivity index (χ1n) is 10.0. The number of carbonyl (C=O) groups is 2. The number of nitrogens with zero attached hydrogens (tertiary/aromatic N) is 3. The standard InChI is InChI=1S/C21H33N5O3.HI/c1-25(2)20(28)14-24-21(26-12-4-5-17(15-26)13-19(22)27)23-11-10-16-6-8-18(29-3)9-7-16;/h6-9,17H,4-5,10-15H2,1-3H3,(H2,22,27)(H,23,24);1H. The summed E-state index contributed by atoms with van der Waals surface area (Å²) in [7, 11) is 5.09. The van der Waals surface area contributed by atoms with E-state index in [0.29, 0.717) is 25.5 Å². The van der Waals surface area contributed by atoms with Crippen molar-refractivity contribution in [1.82, 2.24) is 15.1 Å². The molecule has 2 rings (SSSR count). The number of hydrogen-bond donors (Lipinski definition) is 2. The van der Waals surface area contributed by atoms with Gasteiger partial charge in [-0.15, -0.1) is 24.0 Å². The molecule has 0 aliphatic carbocycles. The second-order valence-electron chi connectivity index (χ2n) is 7.58. The van der Waals surface area contributed by atoms with Crippen molar-refractivity contribution in [2.75, 3.05) is 47.4 Å². The second kappa shape index (κ2) is 13.3. The molecular formula is C21H34IN5O3. The maximum Gasteiger partial charge on any atom is 0.243 e. The number of nitrogens with one attached hydrogen (secondary N) is 1. The number of guanidine groups is 1. The van der Waals surface area contributed by atoms with Gasteiger partial charge in [0.05, 0.1) is 7.11 Å². The number of hydrogen-bond acceptors (Lipinski definition) is 4. The topological polar surface area (TPSA) is 100 Å². The van der Waals surface area contributed by atoms with Crippen LogP contribution in [0.25, 0.3) is 0 Å². The fourth-order valence-corrected chi connectivity index (χ4v) is 3.37. The number of nitrogens with two attached hydrogens (primary N) is 1. The van der Waals surface area contributed by atoms with Gasteiger partial charge in [-0.1, -0.05) is 12.1 Å². The largest absolute Gasteiger partial charge is 0.497 e. The smallest absolute Gasteiger partial charge is 0.243 e. The first-order valence-corrected chi connectivity index (χ1v) is 10.0. The predicted molar refractivity (Wildman–Crippen MR) is 129 cm³/mol. The molecule has 168 valence electrons. The molecule has 1 aromatic rings. The Balaban J connectivity index is 0.00000450. The van der Waals surface area contributed by atoms with E-state index in [2.05, 4.69) is 15.2 Å². The van der Waals surface area contributed by atoms with Crippen molar-refractivity contribution in [1.29, 1.82) is 0 Å². The van der Waals surface area contributed by atoms with E-state index in [1.807, 2.05) is 24.3 Å². The van der Waals surface area contributed by atoms with E-state index in [4.69, 9.17) is 10.5 Å². The van der Waals surface area contributed by atoms with Crippen molar-refractivity contribution in [3.8, 4) is 5.75 Å². The van der Waals surface area contributed by atoms with Gasteiger partial charge in [0, 0.05) is 40.2 Å². The number of primary amides is 1. The molecule has 1 aromatic carbocycles. The van der Waals surface area contributed by atoms with Crippen LogP contribution in [-0.2, 0) is 16.0 Å². The van der Waals surface area contributed by atoms with Crippen LogP contribution in [0.4, 0.5) is 0 Å². The van der Waals surface area contributed by atoms with Gasteiger partial charge in [-0.25, -0.2) is 4.99 Å². The van der Waals surface area contributed by atoms with Crippen molar-refractivity contribution in [3.05, 3.63) is 29.8 Å². The number of ether oxygens (including phenoxy) is 1. The molecular weight excluding hydrogens is 497 g/mol. The molecule has 1 fully saturated rings. The van der Waals surface area contributed by atoms with E-state index in [-0.39, 0.29) is 48.3 Å². The molecule has 0 bridgehead atoms. The van der Waals surface area contributed by atoms with Crippen LogP contribution in [0.1, 0.15) is 24.8 Å². The molecule has 0 spiro atoms. The minimum Gasteiger partial charge on any atom is -0.497 e. The lowest BCUT2D eigenvalue weighted by Gasteiger charge is -2.34. The third-order valence-corrected chi connectivity index (χ3v) is 5.03. The van der Waals surface area contributed by atoms with Gasteiger partial charge in [-0.2, -0.15) is 0 Å². The molecule has 1 unspecified atom stereocenters. The molecule has 30 heavy (non-hydrogen) atoms. The number of methoxy groups -OCH3 is 1. The number of likely N-dealkylation sites (N-methyl/N-ethyl adjacent to an activating group) is 1. The zero-order chi connectivity index (χ0) is 21.2. The molecule has 1 atom stereocenters. The summed E-state index contributed by atoms with van der Waals surface area (Å²) in [5.74, 6) is 1.44. The Bertz CT molecular complexity index is 709. The molecule has 0 aromatic heterocycles. The number of halogens is 1. The third-order valence-electron chi connectivity index (χ3n) is 5.03. The van der Waals surface area contributed by atoms with E-state index in [1.54, 1.807) is 21.2 Å². The average Bonchev–Trinajstić information content (AvgIpc) is 2.70. The van der Waals surface area contributed by atoms with Crippen LogP contribution in [0, 0.1) is 5.92 Å². The predicted octanol–water partition coefficient (Wildman–Crippen LogP) is 1.48. The molecule has 0 saturated carbocycles. The van der Waals surface area contributed by atoms with Crippen LogP contribution in [0.3, 0.4) is 0 Å². The minimum absolute atomic E-state index is 0. The molecule has 9 heteroatoms. The van der Waals surface area contributed by atoms with Gasteiger partial charge in [0.15, 0.2) is 5.96 Å². The van der Waals surface area contributed by atoms with Crippen LogP contribution in [-0.4, -0.2) is 75.0 Å². The molecule has 1 heterocycles. The number of piperidine rings is 1. The summed E-state index contributed by atoms with van der Waals surface area (Å²) in [5, 5.41) is 3.39. The van der Waals surface area contributed by atoms with E-state index < -0.39 is 0 Å². The van der Waals surface area contributed by atoms with E-state index in [1.165, 1.54) is 10.5 Å². The number of benzene rings is 1. The van der Waals surface area contributed by atoms with Gasteiger partial charge >= 0.3 is 0 Å². The van der Waals surface area contributed by atoms with Crippen LogP contribution < -0.4 is 15.8 Å². The Labute approximate surface area is 196 Å². The fourth-order valence-electron chi connectivity index (χ4n) is 3.37. The highest BCUT2D eigenvalue weighted by Crippen LogP contribution is 2.19. The fraction of sp³-hybridized carbons (Fsp3) is 0.571. The minimum atomic E-state index is -0.273. The number of rotatable bonds is 8. The van der Waals surface area contributed by atoms with Crippen LogP contribution in [0.5, 0.6) is 5.75 Å². The molecule has 0 radical (unpaired) electrons. The summed E-state index contributed by atoms with van der Waals surface area (Å²) >= 11 is 0. The van der Waals surface area contributed by atoms with Crippen molar-refractivity contribution in [3.63, 3.8) is 0 Å². The molecule has 3 N–H and O–H groups in total. The molecule has 8 nitrogen and oxygen atoms in total. The van der Waals surface area contributed by atoms with Crippen LogP contribution >= 0.6 is 24.0 Å².